The van der Waals surface area contributed by atoms with Crippen LogP contribution in [-0.4, -0.2) is 47.2 Å². The Kier molecular flexibility index (Phi) is 3.01. The van der Waals surface area contributed by atoms with E-state index in [0.29, 0.717) is 19.6 Å². The van der Waals surface area contributed by atoms with E-state index in [2.05, 4.69) is 13.5 Å². The number of ketones is 1. The predicted octanol–water partition coefficient (Wildman–Crippen LogP) is 2.28. The highest BCUT2D eigenvalue weighted by Crippen LogP contribution is 2.74. The summed E-state index contributed by atoms with van der Waals surface area (Å²) in [4.78, 5) is 28.8. The molecule has 5 heteroatoms. The summed E-state index contributed by atoms with van der Waals surface area (Å²) in [6.07, 6.45) is 5.24. The number of carbonyl (C=O) groups is 2. The van der Waals surface area contributed by atoms with Crippen molar-refractivity contribution in [3.05, 3.63) is 12.2 Å². The van der Waals surface area contributed by atoms with Crippen LogP contribution in [0.3, 0.4) is 0 Å². The van der Waals surface area contributed by atoms with Crippen LogP contribution < -0.4 is 0 Å². The minimum Gasteiger partial charge on any atom is -0.392 e. The molecule has 27 heavy (non-hydrogen) atoms. The maximum Gasteiger partial charge on any atom is 0.230 e. The van der Waals surface area contributed by atoms with Crippen LogP contribution >= 0.6 is 0 Å². The number of amides is 1. The van der Waals surface area contributed by atoms with E-state index in [9.17, 15) is 14.7 Å². The number of fused-ring (bicyclic) bond motifs is 3. The molecule has 1 spiro atoms. The highest BCUT2D eigenvalue weighted by molar-refractivity contribution is 6.02. The lowest BCUT2D eigenvalue weighted by Crippen LogP contribution is -2.77. The lowest BCUT2D eigenvalue weighted by molar-refractivity contribution is -0.281. The Morgan fingerprint density at radius 2 is 2.00 bits per heavy atom. The molecule has 2 saturated heterocycles. The summed E-state index contributed by atoms with van der Waals surface area (Å²) in [6, 6.07) is 0. The molecule has 7 aliphatic rings. The molecule has 5 saturated carbocycles. The molecule has 0 aromatic rings. The van der Waals surface area contributed by atoms with Crippen LogP contribution in [0.25, 0.3) is 0 Å². The van der Waals surface area contributed by atoms with Crippen LogP contribution in [0.4, 0.5) is 0 Å². The predicted molar refractivity (Wildman–Crippen MR) is 97.4 cm³/mol. The topological polar surface area (TPSA) is 66.8 Å². The van der Waals surface area contributed by atoms with Crippen molar-refractivity contribution in [3.63, 3.8) is 0 Å². The first kappa shape index (κ1) is 16.7. The van der Waals surface area contributed by atoms with Gasteiger partial charge in [-0.2, -0.15) is 0 Å². The van der Waals surface area contributed by atoms with E-state index in [1.54, 1.807) is 0 Å². The summed E-state index contributed by atoms with van der Waals surface area (Å²) < 4.78 is 6.26. The Morgan fingerprint density at radius 1 is 1.19 bits per heavy atom. The third kappa shape index (κ3) is 1.56. The number of hydrogen-bond acceptors (Lipinski definition) is 4. The van der Waals surface area contributed by atoms with E-state index < -0.39 is 16.9 Å². The zero-order chi connectivity index (χ0) is 18.8. The summed E-state index contributed by atoms with van der Waals surface area (Å²) in [6.45, 7) is 7.49. The Bertz CT molecular complexity index is 778. The van der Waals surface area contributed by atoms with Gasteiger partial charge in [0.2, 0.25) is 5.91 Å². The molecule has 2 heterocycles. The average Bonchev–Trinajstić information content (AvgIpc) is 3.15. The number of carbonyl (C=O) groups excluding carboxylic acids is 2. The van der Waals surface area contributed by atoms with Crippen molar-refractivity contribution < 1.29 is 19.4 Å². The summed E-state index contributed by atoms with van der Waals surface area (Å²) >= 11 is 0. The third-order valence-electron chi connectivity index (χ3n) is 9.78. The number of rotatable bonds is 0. The quantitative estimate of drug-likeness (QED) is 0.664. The number of ether oxygens (including phenoxy) is 1. The molecule has 2 aliphatic heterocycles. The average molecular weight is 371 g/mol. The fourth-order valence-corrected chi connectivity index (χ4v) is 8.73. The van der Waals surface area contributed by atoms with Crippen LogP contribution in [0.15, 0.2) is 12.2 Å². The highest BCUT2D eigenvalue weighted by atomic mass is 16.5. The molecule has 7 rings (SSSR count). The Labute approximate surface area is 160 Å². The van der Waals surface area contributed by atoms with Gasteiger partial charge in [0, 0.05) is 12.0 Å². The second kappa shape index (κ2) is 4.85. The number of allylic oxidation sites excluding steroid dienone is 1. The van der Waals surface area contributed by atoms with E-state index in [1.807, 2.05) is 4.90 Å². The van der Waals surface area contributed by atoms with Crippen LogP contribution in [0.5, 0.6) is 0 Å². The first-order valence-corrected chi connectivity index (χ1v) is 10.7. The largest absolute Gasteiger partial charge is 0.392 e. The number of hydrogen-bond donors (Lipinski definition) is 1. The molecule has 1 N–H and O–H groups in total. The second-order valence-electron chi connectivity index (χ2n) is 10.3. The number of piperidine rings is 1. The second-order valence-corrected chi connectivity index (χ2v) is 10.3. The number of nitrogens with zero attached hydrogens (tertiary/aromatic N) is 1. The SMILES string of the molecule is C=C1C(=O)[C@]23CC[C@H]1C[C@H]2[C@@]12CCC[C@@](C)(C(=O)N4CCO[C@H]41)[C@H]2C[C@H]3O. The van der Waals surface area contributed by atoms with Crippen molar-refractivity contribution in [2.45, 2.75) is 64.2 Å². The smallest absolute Gasteiger partial charge is 0.230 e. The molecule has 7 fully saturated rings. The molecule has 5 aliphatic carbocycles. The highest BCUT2D eigenvalue weighted by Gasteiger charge is 2.77. The zero-order valence-electron chi connectivity index (χ0n) is 16.1. The molecule has 0 unspecified atom stereocenters. The lowest BCUT2D eigenvalue weighted by Gasteiger charge is -2.72. The van der Waals surface area contributed by atoms with E-state index in [0.717, 1.165) is 44.1 Å². The van der Waals surface area contributed by atoms with Crippen molar-refractivity contribution >= 4 is 11.7 Å². The van der Waals surface area contributed by atoms with Gasteiger partial charge in [-0.25, -0.2) is 0 Å². The molecule has 0 aromatic carbocycles. The molecule has 5 nitrogen and oxygen atoms in total. The van der Waals surface area contributed by atoms with Gasteiger partial charge in [0.05, 0.1) is 23.5 Å². The van der Waals surface area contributed by atoms with Gasteiger partial charge in [0.15, 0.2) is 5.78 Å². The summed E-state index contributed by atoms with van der Waals surface area (Å²) in [5, 5.41) is 11.4. The van der Waals surface area contributed by atoms with Gasteiger partial charge in [0.1, 0.15) is 6.23 Å². The Hall–Kier alpha value is -1.20. The summed E-state index contributed by atoms with van der Waals surface area (Å²) in [5.74, 6) is 0.782. The van der Waals surface area contributed by atoms with Gasteiger partial charge in [-0.1, -0.05) is 19.9 Å². The molecule has 1 amide bonds. The van der Waals surface area contributed by atoms with Crippen LogP contribution in [0, 0.1) is 34.0 Å². The van der Waals surface area contributed by atoms with Crippen molar-refractivity contribution in [2.75, 3.05) is 13.2 Å². The van der Waals surface area contributed by atoms with Gasteiger partial charge >= 0.3 is 0 Å². The van der Waals surface area contributed by atoms with Crippen molar-refractivity contribution in [1.29, 1.82) is 0 Å². The monoisotopic (exact) mass is 371 g/mol. The molecule has 8 atom stereocenters. The fourth-order valence-electron chi connectivity index (χ4n) is 8.73. The minimum atomic E-state index is -0.696. The molecular weight excluding hydrogens is 342 g/mol. The van der Waals surface area contributed by atoms with Crippen LogP contribution in [0.2, 0.25) is 0 Å². The van der Waals surface area contributed by atoms with Crippen molar-refractivity contribution in [1.82, 2.24) is 4.90 Å². The zero-order valence-corrected chi connectivity index (χ0v) is 16.1. The number of Topliss-reactive ketones (excluding diaryl/α,β-unsaturated/α-hetero) is 1. The van der Waals surface area contributed by atoms with Crippen molar-refractivity contribution in [3.8, 4) is 0 Å². The minimum absolute atomic E-state index is 0.105. The van der Waals surface area contributed by atoms with Gasteiger partial charge in [0.25, 0.3) is 0 Å². The fraction of sp³-hybridized carbons (Fsp3) is 0.818. The lowest BCUT2D eigenvalue weighted by atomic mass is 9.34. The molecular formula is C22H29NO4. The van der Waals surface area contributed by atoms with Gasteiger partial charge < -0.3 is 14.7 Å². The first-order valence-electron chi connectivity index (χ1n) is 10.7. The molecule has 4 bridgehead atoms. The molecule has 146 valence electrons. The van der Waals surface area contributed by atoms with Gasteiger partial charge in [-0.3, -0.25) is 9.59 Å². The summed E-state index contributed by atoms with van der Waals surface area (Å²) in [7, 11) is 0. The van der Waals surface area contributed by atoms with E-state index in [1.165, 1.54) is 0 Å². The van der Waals surface area contributed by atoms with Gasteiger partial charge in [-0.15, -0.1) is 0 Å². The van der Waals surface area contributed by atoms with Gasteiger partial charge in [-0.05, 0) is 61.9 Å². The number of aliphatic hydroxyl groups is 1. The molecule has 0 radical (unpaired) electrons. The first-order chi connectivity index (χ1) is 12.9. The Balaban J connectivity index is 1.59. The van der Waals surface area contributed by atoms with Crippen LogP contribution in [-0.2, 0) is 14.3 Å². The maximum absolute atomic E-state index is 13.4. The van der Waals surface area contributed by atoms with Crippen LogP contribution in [0.1, 0.15) is 51.9 Å². The van der Waals surface area contributed by atoms with E-state index in [-0.39, 0.29) is 41.1 Å². The third-order valence-corrected chi connectivity index (χ3v) is 9.78. The normalized spacial score (nSPS) is 56.0. The van der Waals surface area contributed by atoms with E-state index in [4.69, 9.17) is 4.74 Å². The molecule has 0 aromatic heterocycles. The Morgan fingerprint density at radius 3 is 2.81 bits per heavy atom. The number of aliphatic hydroxyl groups excluding tert-OH is 1. The standard InChI is InChI=1S/C22H29NO4/c1-12-13-4-7-22(17(12)25)15(10-13)21-6-3-5-20(2,14(21)11-16(22)24)18(26)23-8-9-27-19(21)23/h13-16,19,24H,1,3-11H2,2H3/t13-,14+,15-,16+,19-,20+,21-,22+/m0/s1. The maximum atomic E-state index is 13.4. The van der Waals surface area contributed by atoms with E-state index >= 15 is 0 Å². The summed E-state index contributed by atoms with van der Waals surface area (Å²) in [5.41, 5.74) is -0.576. The van der Waals surface area contributed by atoms with Crippen molar-refractivity contribution in [2.24, 2.45) is 34.0 Å².